The summed E-state index contributed by atoms with van der Waals surface area (Å²) >= 11 is 0. The topological polar surface area (TPSA) is 91.8 Å². The fourth-order valence-electron chi connectivity index (χ4n) is 3.20. The number of pyridine rings is 1. The quantitative estimate of drug-likeness (QED) is 0.894. The van der Waals surface area contributed by atoms with Gasteiger partial charge in [-0.25, -0.2) is 9.78 Å². The molecular weight excluding hydrogens is 322 g/mol. The molecule has 1 aromatic heterocycles. The second-order valence-electron chi connectivity index (χ2n) is 6.47. The molecule has 2 heterocycles. The molecule has 7 heteroatoms. The molecule has 0 bridgehead atoms. The van der Waals surface area contributed by atoms with E-state index in [1.165, 1.54) is 0 Å². The van der Waals surface area contributed by atoms with Crippen LogP contribution in [0.4, 0.5) is 10.5 Å². The first kappa shape index (κ1) is 17.0. The third-order valence-corrected chi connectivity index (χ3v) is 4.42. The molecule has 25 heavy (non-hydrogen) atoms. The van der Waals surface area contributed by atoms with Crippen molar-refractivity contribution >= 4 is 28.6 Å². The lowest BCUT2D eigenvalue weighted by atomic mass is 9.91. The molecule has 3 rings (SSSR count). The van der Waals surface area contributed by atoms with Crippen molar-refractivity contribution in [3.8, 4) is 5.88 Å². The average Bonchev–Trinajstić information content (AvgIpc) is 2.60. The number of hydrogen-bond acceptors (Lipinski definition) is 4. The van der Waals surface area contributed by atoms with Crippen molar-refractivity contribution in [2.24, 2.45) is 11.8 Å². The normalized spacial score (nSPS) is 20.3. The maximum atomic E-state index is 12.5. The number of nitrogens with zero attached hydrogens (tertiary/aromatic N) is 2. The van der Waals surface area contributed by atoms with Crippen LogP contribution in [0.1, 0.15) is 13.3 Å². The standard InChI is InChI=1S/C18H21N3O4/c1-11-7-13(17(22)23)10-21(9-11)18(24)19-14-4-5-15-12(8-14)3-6-16(20-15)25-2/h3-6,8,11,13H,7,9-10H2,1-2H3,(H,19,24)(H,22,23). The molecule has 0 aliphatic carbocycles. The minimum Gasteiger partial charge on any atom is -0.481 e. The third kappa shape index (κ3) is 3.81. The van der Waals surface area contributed by atoms with Crippen molar-refractivity contribution in [3.63, 3.8) is 0 Å². The molecule has 2 aromatic rings. The first-order chi connectivity index (χ1) is 12.0. The van der Waals surface area contributed by atoms with Crippen molar-refractivity contribution in [3.05, 3.63) is 30.3 Å². The largest absolute Gasteiger partial charge is 0.481 e. The summed E-state index contributed by atoms with van der Waals surface area (Å²) < 4.78 is 5.10. The first-order valence-electron chi connectivity index (χ1n) is 8.20. The fraction of sp³-hybridized carbons (Fsp3) is 0.389. The zero-order valence-corrected chi connectivity index (χ0v) is 14.2. The van der Waals surface area contributed by atoms with Crippen LogP contribution in [-0.2, 0) is 4.79 Å². The average molecular weight is 343 g/mol. The van der Waals surface area contributed by atoms with Crippen LogP contribution in [-0.4, -0.2) is 47.2 Å². The van der Waals surface area contributed by atoms with Crippen LogP contribution in [0.2, 0.25) is 0 Å². The van der Waals surface area contributed by atoms with E-state index < -0.39 is 11.9 Å². The van der Waals surface area contributed by atoms with Gasteiger partial charge in [0, 0.05) is 30.2 Å². The number of carbonyl (C=O) groups excluding carboxylic acids is 1. The minimum absolute atomic E-state index is 0.161. The second kappa shape index (κ2) is 6.96. The summed E-state index contributed by atoms with van der Waals surface area (Å²) in [6.45, 7) is 2.75. The highest BCUT2D eigenvalue weighted by atomic mass is 16.5. The maximum absolute atomic E-state index is 12.5. The SMILES string of the molecule is COc1ccc2cc(NC(=O)N3CC(C)CC(C(=O)O)C3)ccc2n1. The number of rotatable bonds is 3. The van der Waals surface area contributed by atoms with Crippen molar-refractivity contribution in [1.82, 2.24) is 9.88 Å². The summed E-state index contributed by atoms with van der Waals surface area (Å²) in [5.74, 6) is -0.669. The van der Waals surface area contributed by atoms with Gasteiger partial charge in [-0.1, -0.05) is 6.92 Å². The number of carboxylic acid groups (broad SMARTS) is 1. The number of carbonyl (C=O) groups is 2. The van der Waals surface area contributed by atoms with Gasteiger partial charge < -0.3 is 20.1 Å². The van der Waals surface area contributed by atoms with Gasteiger partial charge in [-0.2, -0.15) is 0 Å². The Bertz CT molecular complexity index is 808. The summed E-state index contributed by atoms with van der Waals surface area (Å²) in [6.07, 6.45) is 0.600. The van der Waals surface area contributed by atoms with Gasteiger partial charge in [0.1, 0.15) is 0 Å². The van der Waals surface area contributed by atoms with Crippen LogP contribution in [0.5, 0.6) is 5.88 Å². The molecule has 1 saturated heterocycles. The number of fused-ring (bicyclic) bond motifs is 1. The van der Waals surface area contributed by atoms with E-state index in [-0.39, 0.29) is 18.5 Å². The highest BCUT2D eigenvalue weighted by Crippen LogP contribution is 2.24. The molecule has 7 nitrogen and oxygen atoms in total. The van der Waals surface area contributed by atoms with E-state index in [1.807, 2.05) is 25.1 Å². The number of carboxylic acids is 1. The van der Waals surface area contributed by atoms with E-state index in [4.69, 9.17) is 4.74 Å². The Labute approximate surface area is 145 Å². The van der Waals surface area contributed by atoms with Gasteiger partial charge in [0.15, 0.2) is 0 Å². The van der Waals surface area contributed by atoms with Crippen molar-refractivity contribution in [2.45, 2.75) is 13.3 Å². The number of aromatic nitrogens is 1. The van der Waals surface area contributed by atoms with E-state index >= 15 is 0 Å². The number of urea groups is 1. The number of aliphatic carboxylic acids is 1. The Kier molecular flexibility index (Phi) is 4.74. The highest BCUT2D eigenvalue weighted by molar-refractivity contribution is 5.93. The van der Waals surface area contributed by atoms with Gasteiger partial charge in [0.2, 0.25) is 5.88 Å². The first-order valence-corrected chi connectivity index (χ1v) is 8.20. The zero-order valence-electron chi connectivity index (χ0n) is 14.2. The summed E-state index contributed by atoms with van der Waals surface area (Å²) in [7, 11) is 1.56. The summed E-state index contributed by atoms with van der Waals surface area (Å²) in [4.78, 5) is 29.7. The molecule has 0 radical (unpaired) electrons. The van der Waals surface area contributed by atoms with Gasteiger partial charge in [0.25, 0.3) is 0 Å². The Hall–Kier alpha value is -2.83. The molecule has 0 saturated carbocycles. The van der Waals surface area contributed by atoms with Crippen molar-refractivity contribution in [2.75, 3.05) is 25.5 Å². The summed E-state index contributed by atoms with van der Waals surface area (Å²) in [5.41, 5.74) is 1.42. The monoisotopic (exact) mass is 343 g/mol. The number of benzene rings is 1. The molecule has 1 aliphatic rings. The van der Waals surface area contributed by atoms with E-state index in [9.17, 15) is 14.7 Å². The second-order valence-corrected chi connectivity index (χ2v) is 6.47. The number of methoxy groups -OCH3 is 1. The van der Waals surface area contributed by atoms with E-state index in [0.717, 1.165) is 10.9 Å². The van der Waals surface area contributed by atoms with Crippen LogP contribution in [0.25, 0.3) is 10.9 Å². The molecule has 1 fully saturated rings. The number of ether oxygens (including phenoxy) is 1. The van der Waals surface area contributed by atoms with Gasteiger partial charge in [-0.15, -0.1) is 0 Å². The molecule has 132 valence electrons. The van der Waals surface area contributed by atoms with Gasteiger partial charge in [-0.05, 0) is 36.6 Å². The number of piperidine rings is 1. The summed E-state index contributed by atoms with van der Waals surface area (Å²) in [5, 5.41) is 13.0. The lowest BCUT2D eigenvalue weighted by molar-refractivity contribution is -0.143. The summed E-state index contributed by atoms with van der Waals surface area (Å²) in [6, 6.07) is 8.78. The van der Waals surface area contributed by atoms with Crippen molar-refractivity contribution < 1.29 is 19.4 Å². The van der Waals surface area contributed by atoms with Crippen LogP contribution in [0, 0.1) is 11.8 Å². The minimum atomic E-state index is -0.852. The third-order valence-electron chi connectivity index (χ3n) is 4.42. The number of nitrogens with one attached hydrogen (secondary N) is 1. The van der Waals surface area contributed by atoms with E-state index in [0.29, 0.717) is 24.5 Å². The fourth-order valence-corrected chi connectivity index (χ4v) is 3.20. The zero-order chi connectivity index (χ0) is 18.0. The molecule has 2 unspecified atom stereocenters. The Morgan fingerprint density at radius 2 is 2.08 bits per heavy atom. The van der Waals surface area contributed by atoms with Crippen LogP contribution >= 0.6 is 0 Å². The van der Waals surface area contributed by atoms with Gasteiger partial charge >= 0.3 is 12.0 Å². The van der Waals surface area contributed by atoms with Crippen LogP contribution in [0.15, 0.2) is 30.3 Å². The lowest BCUT2D eigenvalue weighted by Gasteiger charge is -2.34. The number of likely N-dealkylation sites (tertiary alicyclic amines) is 1. The molecule has 0 spiro atoms. The lowest BCUT2D eigenvalue weighted by Crippen LogP contribution is -2.47. The van der Waals surface area contributed by atoms with E-state index in [2.05, 4.69) is 10.3 Å². The number of amides is 2. The van der Waals surface area contributed by atoms with Gasteiger partial charge in [0.05, 0.1) is 18.5 Å². The molecular formula is C18H21N3O4. The Morgan fingerprint density at radius 1 is 1.28 bits per heavy atom. The maximum Gasteiger partial charge on any atom is 0.321 e. The predicted octanol–water partition coefficient (Wildman–Crippen LogP) is 2.82. The highest BCUT2D eigenvalue weighted by Gasteiger charge is 2.31. The molecule has 2 N–H and O–H groups in total. The molecule has 2 amide bonds. The smallest absolute Gasteiger partial charge is 0.321 e. The van der Waals surface area contributed by atoms with Gasteiger partial charge in [-0.3, -0.25) is 4.79 Å². The number of hydrogen-bond donors (Lipinski definition) is 2. The van der Waals surface area contributed by atoms with Crippen LogP contribution < -0.4 is 10.1 Å². The molecule has 2 atom stereocenters. The molecule has 1 aliphatic heterocycles. The number of anilines is 1. The molecule has 1 aromatic carbocycles. The van der Waals surface area contributed by atoms with Crippen molar-refractivity contribution in [1.29, 1.82) is 0 Å². The van der Waals surface area contributed by atoms with E-state index in [1.54, 1.807) is 24.1 Å². The Morgan fingerprint density at radius 3 is 2.80 bits per heavy atom. The Balaban J connectivity index is 1.73. The predicted molar refractivity (Wildman–Crippen MR) is 93.8 cm³/mol. The van der Waals surface area contributed by atoms with Crippen LogP contribution in [0.3, 0.4) is 0 Å².